The molecule has 1 aliphatic heterocycles. The molecular weight excluding hydrogens is 336 g/mol. The van der Waals surface area contributed by atoms with Crippen LogP contribution in [-0.2, 0) is 14.9 Å². The molecule has 140 valence electrons. The van der Waals surface area contributed by atoms with Gasteiger partial charge in [0.1, 0.15) is 0 Å². The molecule has 0 radical (unpaired) electrons. The van der Waals surface area contributed by atoms with E-state index in [2.05, 4.69) is 36.5 Å². The van der Waals surface area contributed by atoms with Crippen molar-refractivity contribution in [3.63, 3.8) is 0 Å². The van der Waals surface area contributed by atoms with Crippen molar-refractivity contribution in [2.24, 2.45) is 5.73 Å². The van der Waals surface area contributed by atoms with Gasteiger partial charge in [-0.2, -0.15) is 0 Å². The summed E-state index contributed by atoms with van der Waals surface area (Å²) in [6, 6.07) is 8.62. The van der Waals surface area contributed by atoms with Crippen LogP contribution in [0, 0.1) is 6.92 Å². The zero-order chi connectivity index (χ0) is 17.0. The van der Waals surface area contributed by atoms with Gasteiger partial charge in [-0.05, 0) is 43.7 Å². The number of rotatable bonds is 4. The lowest BCUT2D eigenvalue weighted by Gasteiger charge is -2.40. The third-order valence-corrected chi connectivity index (χ3v) is 5.95. The molecule has 0 aromatic heterocycles. The Morgan fingerprint density at radius 3 is 2.40 bits per heavy atom. The van der Waals surface area contributed by atoms with Gasteiger partial charge in [-0.1, -0.05) is 43.5 Å². The molecule has 1 amide bonds. The van der Waals surface area contributed by atoms with Crippen LogP contribution >= 0.6 is 12.4 Å². The number of carbonyl (C=O) groups is 1. The molecule has 1 saturated carbocycles. The van der Waals surface area contributed by atoms with Crippen molar-refractivity contribution in [1.29, 1.82) is 0 Å². The molecule has 0 unspecified atom stereocenters. The third kappa shape index (κ3) is 4.36. The van der Waals surface area contributed by atoms with E-state index < -0.39 is 5.54 Å². The summed E-state index contributed by atoms with van der Waals surface area (Å²) in [6.07, 6.45) is 7.24. The fourth-order valence-electron chi connectivity index (χ4n) is 4.33. The fourth-order valence-corrected chi connectivity index (χ4v) is 4.33. The lowest BCUT2D eigenvalue weighted by molar-refractivity contribution is -0.130. The number of hydrogen-bond donors (Lipinski definition) is 2. The summed E-state index contributed by atoms with van der Waals surface area (Å²) in [5.74, 6) is -0.00988. The summed E-state index contributed by atoms with van der Waals surface area (Å²) >= 11 is 0. The van der Waals surface area contributed by atoms with E-state index in [1.807, 2.05) is 0 Å². The van der Waals surface area contributed by atoms with E-state index in [1.165, 1.54) is 30.4 Å². The maximum Gasteiger partial charge on any atom is 0.240 e. The van der Waals surface area contributed by atoms with Crippen molar-refractivity contribution in [2.45, 2.75) is 62.8 Å². The first-order chi connectivity index (χ1) is 11.6. The normalized spacial score (nSPS) is 21.8. The lowest BCUT2D eigenvalue weighted by Crippen LogP contribution is -2.58. The van der Waals surface area contributed by atoms with Crippen LogP contribution in [0.15, 0.2) is 24.3 Å². The molecule has 1 aromatic rings. The van der Waals surface area contributed by atoms with Crippen LogP contribution in [0.4, 0.5) is 0 Å². The Labute approximate surface area is 157 Å². The third-order valence-electron chi connectivity index (χ3n) is 5.95. The monoisotopic (exact) mass is 366 g/mol. The Balaban J connectivity index is 0.00000225. The van der Waals surface area contributed by atoms with E-state index in [0.29, 0.717) is 32.6 Å². The van der Waals surface area contributed by atoms with Crippen molar-refractivity contribution in [1.82, 2.24) is 5.32 Å². The Morgan fingerprint density at radius 2 is 1.76 bits per heavy atom. The molecule has 1 saturated heterocycles. The Kier molecular flexibility index (Phi) is 6.89. The Hall–Kier alpha value is -1.10. The highest BCUT2D eigenvalue weighted by Crippen LogP contribution is 2.40. The average molecular weight is 367 g/mol. The van der Waals surface area contributed by atoms with Gasteiger partial charge in [0.25, 0.3) is 0 Å². The van der Waals surface area contributed by atoms with Gasteiger partial charge in [0, 0.05) is 25.2 Å². The first-order valence-electron chi connectivity index (χ1n) is 9.27. The molecule has 3 N–H and O–H groups in total. The molecule has 1 aliphatic carbocycles. The molecule has 0 atom stereocenters. The van der Waals surface area contributed by atoms with Crippen molar-refractivity contribution >= 4 is 18.3 Å². The maximum atomic E-state index is 12.7. The minimum Gasteiger partial charge on any atom is -0.381 e. The van der Waals surface area contributed by atoms with E-state index in [1.54, 1.807) is 0 Å². The minimum absolute atomic E-state index is 0. The van der Waals surface area contributed by atoms with Gasteiger partial charge >= 0.3 is 0 Å². The van der Waals surface area contributed by atoms with E-state index in [9.17, 15) is 4.79 Å². The van der Waals surface area contributed by atoms with E-state index in [-0.39, 0.29) is 23.7 Å². The van der Waals surface area contributed by atoms with Crippen LogP contribution in [0.3, 0.4) is 0 Å². The Bertz CT molecular complexity index is 579. The van der Waals surface area contributed by atoms with Crippen molar-refractivity contribution in [3.05, 3.63) is 35.4 Å². The molecular formula is C20H31ClN2O2. The maximum absolute atomic E-state index is 12.7. The SMILES string of the molecule is Cc1ccccc1C1(CNC(=O)C2(N)CCOCC2)CCCCC1.Cl. The van der Waals surface area contributed by atoms with Crippen LogP contribution in [0.2, 0.25) is 0 Å². The average Bonchev–Trinajstić information content (AvgIpc) is 2.61. The number of hydrogen-bond acceptors (Lipinski definition) is 3. The molecule has 2 fully saturated rings. The second-order valence-corrected chi connectivity index (χ2v) is 7.61. The van der Waals surface area contributed by atoms with Crippen LogP contribution < -0.4 is 11.1 Å². The molecule has 4 nitrogen and oxygen atoms in total. The standard InChI is InChI=1S/C20H30N2O2.ClH/c1-16-7-3-4-8-17(16)19(9-5-2-6-10-19)15-22-18(23)20(21)11-13-24-14-12-20;/h3-4,7-8H,2,5-6,9-15,21H2,1H3,(H,22,23);1H. The van der Waals surface area contributed by atoms with Gasteiger partial charge < -0.3 is 15.8 Å². The number of carbonyl (C=O) groups excluding carboxylic acids is 1. The number of halogens is 1. The molecule has 0 bridgehead atoms. The van der Waals surface area contributed by atoms with Gasteiger partial charge in [0.05, 0.1) is 5.54 Å². The Morgan fingerprint density at radius 1 is 1.12 bits per heavy atom. The van der Waals surface area contributed by atoms with Crippen molar-refractivity contribution in [2.75, 3.05) is 19.8 Å². The molecule has 1 aromatic carbocycles. The first-order valence-corrected chi connectivity index (χ1v) is 9.27. The molecule has 5 heteroatoms. The smallest absolute Gasteiger partial charge is 0.240 e. The molecule has 25 heavy (non-hydrogen) atoms. The number of ether oxygens (including phenoxy) is 1. The van der Waals surface area contributed by atoms with Crippen LogP contribution in [-0.4, -0.2) is 31.2 Å². The highest BCUT2D eigenvalue weighted by molar-refractivity contribution is 5.86. The second kappa shape index (κ2) is 8.52. The topological polar surface area (TPSA) is 64.4 Å². The minimum atomic E-state index is -0.764. The van der Waals surface area contributed by atoms with E-state index in [4.69, 9.17) is 10.5 Å². The predicted molar refractivity (Wildman–Crippen MR) is 103 cm³/mol. The van der Waals surface area contributed by atoms with Crippen LogP contribution in [0.1, 0.15) is 56.1 Å². The number of amides is 1. The predicted octanol–water partition coefficient (Wildman–Crippen LogP) is 3.24. The zero-order valence-electron chi connectivity index (χ0n) is 15.2. The van der Waals surface area contributed by atoms with Crippen molar-refractivity contribution in [3.8, 4) is 0 Å². The second-order valence-electron chi connectivity index (χ2n) is 7.61. The number of aryl methyl sites for hydroxylation is 1. The summed E-state index contributed by atoms with van der Waals surface area (Å²) in [5, 5.41) is 3.21. The van der Waals surface area contributed by atoms with E-state index >= 15 is 0 Å². The summed E-state index contributed by atoms with van der Waals surface area (Å²) in [7, 11) is 0. The summed E-state index contributed by atoms with van der Waals surface area (Å²) < 4.78 is 5.35. The lowest BCUT2D eigenvalue weighted by atomic mass is 9.68. The number of nitrogens with two attached hydrogens (primary N) is 1. The fraction of sp³-hybridized carbons (Fsp3) is 0.650. The van der Waals surface area contributed by atoms with Gasteiger partial charge in [0.2, 0.25) is 5.91 Å². The highest BCUT2D eigenvalue weighted by Gasteiger charge is 2.39. The van der Waals surface area contributed by atoms with Gasteiger partial charge in [-0.25, -0.2) is 0 Å². The first kappa shape index (κ1) is 20.2. The molecule has 1 heterocycles. The van der Waals surface area contributed by atoms with Crippen LogP contribution in [0.5, 0.6) is 0 Å². The zero-order valence-corrected chi connectivity index (χ0v) is 16.0. The van der Waals surface area contributed by atoms with Crippen LogP contribution in [0.25, 0.3) is 0 Å². The summed E-state index contributed by atoms with van der Waals surface area (Å²) in [4.78, 5) is 12.7. The largest absolute Gasteiger partial charge is 0.381 e. The summed E-state index contributed by atoms with van der Waals surface area (Å²) in [5.41, 5.74) is 8.34. The molecule has 3 rings (SSSR count). The molecule has 2 aliphatic rings. The van der Waals surface area contributed by atoms with Gasteiger partial charge in [-0.3, -0.25) is 4.79 Å². The van der Waals surface area contributed by atoms with Crippen molar-refractivity contribution < 1.29 is 9.53 Å². The quantitative estimate of drug-likeness (QED) is 0.859. The van der Waals surface area contributed by atoms with E-state index in [0.717, 1.165) is 12.8 Å². The van der Waals surface area contributed by atoms with Gasteiger partial charge in [0.15, 0.2) is 0 Å². The highest BCUT2D eigenvalue weighted by atomic mass is 35.5. The summed E-state index contributed by atoms with van der Waals surface area (Å²) in [6.45, 7) is 4.02. The number of benzene rings is 1. The number of nitrogens with one attached hydrogen (secondary N) is 1. The molecule has 0 spiro atoms. The van der Waals surface area contributed by atoms with Gasteiger partial charge in [-0.15, -0.1) is 12.4 Å².